The van der Waals surface area contributed by atoms with Crippen LogP contribution in [0.15, 0.2) is 82.3 Å². The maximum atomic E-state index is 12.2. The van der Waals surface area contributed by atoms with Crippen molar-refractivity contribution in [1.29, 1.82) is 0 Å². The van der Waals surface area contributed by atoms with Gasteiger partial charge >= 0.3 is 5.91 Å². The molecule has 26 heavy (non-hydrogen) atoms. The molecule has 2 aromatic carbocycles. The highest BCUT2D eigenvalue weighted by Crippen LogP contribution is 2.14. The van der Waals surface area contributed by atoms with Gasteiger partial charge in [-0.15, -0.1) is 0 Å². The van der Waals surface area contributed by atoms with Crippen molar-refractivity contribution in [2.75, 3.05) is 0 Å². The Kier molecular flexibility index (Phi) is 5.83. The number of hydrogen-bond acceptors (Lipinski definition) is 4. The average molecular weight is 348 g/mol. The highest BCUT2D eigenvalue weighted by Gasteiger charge is 2.11. The number of hydrogen-bond donors (Lipinski definition) is 1. The summed E-state index contributed by atoms with van der Waals surface area (Å²) in [6.45, 7) is 2.24. The van der Waals surface area contributed by atoms with Crippen molar-refractivity contribution in [1.82, 2.24) is 5.43 Å². The number of benzene rings is 2. The molecule has 132 valence electrons. The SMILES string of the molecule is CC/C(=N/NC(=O)c1ccc(COc2ccccc2)o1)c1ccccc1. The summed E-state index contributed by atoms with van der Waals surface area (Å²) in [5.74, 6) is 1.12. The molecule has 5 heteroatoms. The second-order valence-corrected chi connectivity index (χ2v) is 5.59. The smallest absolute Gasteiger partial charge is 0.307 e. The van der Waals surface area contributed by atoms with Gasteiger partial charge in [0.05, 0.1) is 5.71 Å². The quantitative estimate of drug-likeness (QED) is 0.508. The normalized spacial score (nSPS) is 11.2. The van der Waals surface area contributed by atoms with Crippen LogP contribution >= 0.6 is 0 Å². The Morgan fingerprint density at radius 3 is 2.38 bits per heavy atom. The van der Waals surface area contributed by atoms with Crippen molar-refractivity contribution in [2.45, 2.75) is 20.0 Å². The van der Waals surface area contributed by atoms with Gasteiger partial charge in [-0.05, 0) is 36.2 Å². The number of para-hydroxylation sites is 1. The van der Waals surface area contributed by atoms with E-state index in [0.717, 1.165) is 17.0 Å². The first kappa shape index (κ1) is 17.5. The van der Waals surface area contributed by atoms with Gasteiger partial charge < -0.3 is 9.15 Å². The molecule has 1 amide bonds. The van der Waals surface area contributed by atoms with E-state index in [-0.39, 0.29) is 12.4 Å². The predicted molar refractivity (Wildman–Crippen MR) is 100 cm³/mol. The van der Waals surface area contributed by atoms with E-state index in [1.807, 2.05) is 67.6 Å². The molecule has 0 aliphatic carbocycles. The second-order valence-electron chi connectivity index (χ2n) is 5.59. The highest BCUT2D eigenvalue weighted by molar-refractivity contribution is 6.01. The third-order valence-electron chi connectivity index (χ3n) is 3.74. The summed E-state index contributed by atoms with van der Waals surface area (Å²) in [6, 6.07) is 22.5. The molecule has 3 aromatic rings. The Morgan fingerprint density at radius 2 is 1.69 bits per heavy atom. The van der Waals surface area contributed by atoms with Crippen molar-refractivity contribution in [3.63, 3.8) is 0 Å². The van der Waals surface area contributed by atoms with Gasteiger partial charge in [0.25, 0.3) is 0 Å². The van der Waals surface area contributed by atoms with Gasteiger partial charge in [-0.2, -0.15) is 5.10 Å². The monoisotopic (exact) mass is 348 g/mol. The van der Waals surface area contributed by atoms with E-state index in [9.17, 15) is 4.79 Å². The maximum absolute atomic E-state index is 12.2. The van der Waals surface area contributed by atoms with Crippen LogP contribution in [0.4, 0.5) is 0 Å². The van der Waals surface area contributed by atoms with Gasteiger partial charge in [-0.1, -0.05) is 55.5 Å². The lowest BCUT2D eigenvalue weighted by Gasteiger charge is -2.04. The fraction of sp³-hybridized carbons (Fsp3) is 0.143. The van der Waals surface area contributed by atoms with Crippen molar-refractivity contribution in [2.24, 2.45) is 5.10 Å². The van der Waals surface area contributed by atoms with E-state index < -0.39 is 5.91 Å². The van der Waals surface area contributed by atoms with Gasteiger partial charge in [0.2, 0.25) is 0 Å². The lowest BCUT2D eigenvalue weighted by atomic mass is 10.1. The number of ether oxygens (including phenoxy) is 1. The molecule has 0 atom stereocenters. The van der Waals surface area contributed by atoms with Crippen molar-refractivity contribution < 1.29 is 13.9 Å². The first-order valence-electron chi connectivity index (χ1n) is 8.45. The maximum Gasteiger partial charge on any atom is 0.307 e. The number of nitrogens with one attached hydrogen (secondary N) is 1. The summed E-state index contributed by atoms with van der Waals surface area (Å²) in [5, 5.41) is 4.22. The fourth-order valence-electron chi connectivity index (χ4n) is 2.40. The third kappa shape index (κ3) is 4.60. The first-order valence-corrected chi connectivity index (χ1v) is 8.45. The van der Waals surface area contributed by atoms with E-state index in [2.05, 4.69) is 10.5 Å². The molecule has 0 aliphatic heterocycles. The number of rotatable bonds is 7. The minimum atomic E-state index is -0.391. The van der Waals surface area contributed by atoms with E-state index in [1.165, 1.54) is 0 Å². The van der Waals surface area contributed by atoms with Crippen LogP contribution < -0.4 is 10.2 Å². The van der Waals surface area contributed by atoms with Crippen LogP contribution in [0, 0.1) is 0 Å². The molecule has 1 N–H and O–H groups in total. The molecule has 0 saturated heterocycles. The standard InChI is InChI=1S/C21H20N2O3/c1-2-19(16-9-5-3-6-10-16)22-23-21(24)20-14-13-18(26-20)15-25-17-11-7-4-8-12-17/h3-14H,2,15H2,1H3,(H,23,24)/b22-19-. The first-order chi connectivity index (χ1) is 12.8. The summed E-state index contributed by atoms with van der Waals surface area (Å²) in [7, 11) is 0. The summed E-state index contributed by atoms with van der Waals surface area (Å²) in [6.07, 6.45) is 0.707. The molecule has 1 aromatic heterocycles. The van der Waals surface area contributed by atoms with E-state index in [4.69, 9.17) is 9.15 Å². The molecular formula is C21H20N2O3. The Bertz CT molecular complexity index is 871. The van der Waals surface area contributed by atoms with Gasteiger partial charge in [0.15, 0.2) is 5.76 Å². The zero-order valence-corrected chi connectivity index (χ0v) is 14.5. The van der Waals surface area contributed by atoms with Crippen LogP contribution in [0.2, 0.25) is 0 Å². The fourth-order valence-corrected chi connectivity index (χ4v) is 2.40. The summed E-state index contributed by atoms with van der Waals surface area (Å²) < 4.78 is 11.1. The molecule has 0 saturated carbocycles. The van der Waals surface area contributed by atoms with E-state index in [0.29, 0.717) is 12.2 Å². The van der Waals surface area contributed by atoms with Crippen molar-refractivity contribution >= 4 is 11.6 Å². The van der Waals surface area contributed by atoms with Crippen LogP contribution in [0.25, 0.3) is 0 Å². The molecule has 0 fully saturated rings. The zero-order valence-electron chi connectivity index (χ0n) is 14.5. The van der Waals surface area contributed by atoms with E-state index >= 15 is 0 Å². The molecule has 0 spiro atoms. The third-order valence-corrected chi connectivity index (χ3v) is 3.74. The number of carbonyl (C=O) groups excluding carboxylic acids is 1. The van der Waals surface area contributed by atoms with Crippen LogP contribution in [0.3, 0.4) is 0 Å². The zero-order chi connectivity index (χ0) is 18.2. The van der Waals surface area contributed by atoms with Crippen molar-refractivity contribution in [3.8, 4) is 5.75 Å². The van der Waals surface area contributed by atoms with Gasteiger partial charge in [0.1, 0.15) is 18.1 Å². The Hall–Kier alpha value is -3.34. The molecule has 0 unspecified atom stereocenters. The predicted octanol–water partition coefficient (Wildman–Crippen LogP) is 4.40. The van der Waals surface area contributed by atoms with Gasteiger partial charge in [-0.25, -0.2) is 5.43 Å². The number of carbonyl (C=O) groups is 1. The van der Waals surface area contributed by atoms with Gasteiger partial charge in [-0.3, -0.25) is 4.79 Å². The number of furan rings is 1. The summed E-state index contributed by atoms with van der Waals surface area (Å²) in [5.41, 5.74) is 4.33. The van der Waals surface area contributed by atoms with Crippen LogP contribution in [-0.2, 0) is 6.61 Å². The highest BCUT2D eigenvalue weighted by atomic mass is 16.5. The van der Waals surface area contributed by atoms with E-state index in [1.54, 1.807) is 12.1 Å². The molecule has 3 rings (SSSR count). The Labute approximate surface area is 152 Å². The Balaban J connectivity index is 1.60. The lowest BCUT2D eigenvalue weighted by Crippen LogP contribution is -2.19. The second kappa shape index (κ2) is 8.67. The van der Waals surface area contributed by atoms with Crippen LogP contribution in [0.5, 0.6) is 5.75 Å². The molecule has 0 aliphatic rings. The van der Waals surface area contributed by atoms with Crippen molar-refractivity contribution in [3.05, 3.63) is 89.9 Å². The summed E-state index contributed by atoms with van der Waals surface area (Å²) >= 11 is 0. The largest absolute Gasteiger partial charge is 0.486 e. The minimum absolute atomic E-state index is 0.198. The molecule has 0 radical (unpaired) electrons. The molecule has 1 heterocycles. The van der Waals surface area contributed by atoms with Crippen LogP contribution in [-0.4, -0.2) is 11.6 Å². The lowest BCUT2D eigenvalue weighted by molar-refractivity contribution is 0.0923. The van der Waals surface area contributed by atoms with Crippen LogP contribution in [0.1, 0.15) is 35.2 Å². The molecule has 0 bridgehead atoms. The average Bonchev–Trinajstić information content (AvgIpc) is 3.17. The molecule has 5 nitrogen and oxygen atoms in total. The number of hydrazone groups is 1. The topological polar surface area (TPSA) is 63.8 Å². The minimum Gasteiger partial charge on any atom is -0.486 e. The Morgan fingerprint density at radius 1 is 1.00 bits per heavy atom. The van der Waals surface area contributed by atoms with Gasteiger partial charge in [0, 0.05) is 0 Å². The number of nitrogens with zero attached hydrogens (tertiary/aromatic N) is 1. The number of amides is 1. The summed E-state index contributed by atoms with van der Waals surface area (Å²) in [4.78, 5) is 12.2. The molecular weight excluding hydrogens is 328 g/mol.